The topological polar surface area (TPSA) is 64.1 Å². The summed E-state index contributed by atoms with van der Waals surface area (Å²) < 4.78 is 19.6. The average Bonchev–Trinajstić information content (AvgIpc) is 2.51. The largest absolute Gasteiger partial charge is 0.472 e. The number of ether oxygens (including phenoxy) is 1. The number of nitrogens with zero attached hydrogens (tertiary/aromatic N) is 1. The molecular weight excluding hydrogens is 215 g/mol. The SMILES string of the molecule is C=C1CC(F)C(n2cc(C)c(=O)[nH]c2=O)O1. The van der Waals surface area contributed by atoms with Crippen molar-refractivity contribution in [3.63, 3.8) is 0 Å². The van der Waals surface area contributed by atoms with Crippen molar-refractivity contribution in [1.29, 1.82) is 0 Å². The molecule has 1 aromatic heterocycles. The molecule has 5 nitrogen and oxygen atoms in total. The summed E-state index contributed by atoms with van der Waals surface area (Å²) >= 11 is 0. The maximum Gasteiger partial charge on any atom is 0.331 e. The third-order valence-corrected chi connectivity index (χ3v) is 2.44. The number of hydrogen-bond acceptors (Lipinski definition) is 3. The molecule has 0 spiro atoms. The van der Waals surface area contributed by atoms with Crippen LogP contribution in [-0.4, -0.2) is 15.7 Å². The molecule has 0 amide bonds. The molecule has 1 saturated heterocycles. The summed E-state index contributed by atoms with van der Waals surface area (Å²) in [4.78, 5) is 24.7. The van der Waals surface area contributed by atoms with Gasteiger partial charge in [-0.05, 0) is 6.92 Å². The number of hydrogen-bond donors (Lipinski definition) is 1. The van der Waals surface area contributed by atoms with Gasteiger partial charge in [0.05, 0.1) is 5.76 Å². The molecule has 16 heavy (non-hydrogen) atoms. The molecule has 1 N–H and O–H groups in total. The van der Waals surface area contributed by atoms with E-state index in [0.717, 1.165) is 4.57 Å². The molecule has 2 rings (SSSR count). The lowest BCUT2D eigenvalue weighted by molar-refractivity contribution is 0.0448. The van der Waals surface area contributed by atoms with Crippen LogP contribution in [0.25, 0.3) is 0 Å². The molecule has 0 aliphatic carbocycles. The molecule has 6 heteroatoms. The second kappa shape index (κ2) is 3.62. The Hall–Kier alpha value is -1.85. The zero-order chi connectivity index (χ0) is 11.9. The quantitative estimate of drug-likeness (QED) is 0.763. The van der Waals surface area contributed by atoms with Gasteiger partial charge in [-0.2, -0.15) is 0 Å². The highest BCUT2D eigenvalue weighted by atomic mass is 19.1. The number of aromatic amines is 1. The first-order valence-electron chi connectivity index (χ1n) is 4.79. The molecule has 0 aromatic carbocycles. The van der Waals surface area contributed by atoms with Crippen molar-refractivity contribution in [2.75, 3.05) is 0 Å². The Bertz CT molecular complexity index is 546. The van der Waals surface area contributed by atoms with Gasteiger partial charge >= 0.3 is 5.69 Å². The van der Waals surface area contributed by atoms with Crippen molar-refractivity contribution in [2.24, 2.45) is 0 Å². The van der Waals surface area contributed by atoms with Gasteiger partial charge in [0.2, 0.25) is 6.23 Å². The summed E-state index contributed by atoms with van der Waals surface area (Å²) in [6.45, 7) is 5.03. The van der Waals surface area contributed by atoms with Crippen LogP contribution in [0.1, 0.15) is 18.2 Å². The first-order chi connectivity index (χ1) is 7.49. The highest BCUT2D eigenvalue weighted by Gasteiger charge is 2.33. The van der Waals surface area contributed by atoms with Crippen LogP contribution in [0.5, 0.6) is 0 Å². The fraction of sp³-hybridized carbons (Fsp3) is 0.400. The highest BCUT2D eigenvalue weighted by molar-refractivity contribution is 5.04. The minimum absolute atomic E-state index is 0.0648. The summed E-state index contributed by atoms with van der Waals surface area (Å²) in [5.41, 5.74) is -0.834. The van der Waals surface area contributed by atoms with E-state index in [1.165, 1.54) is 13.1 Å². The van der Waals surface area contributed by atoms with Crippen LogP contribution in [0.3, 0.4) is 0 Å². The summed E-state index contributed by atoms with van der Waals surface area (Å²) in [7, 11) is 0. The van der Waals surface area contributed by atoms with E-state index < -0.39 is 23.6 Å². The average molecular weight is 226 g/mol. The standard InChI is InChI=1S/C10H11FN2O3/c1-5-4-13(10(15)12-8(5)14)9-7(11)3-6(2)16-9/h4,7,9H,2-3H2,1H3,(H,12,14,15). The molecule has 2 atom stereocenters. The molecule has 1 aromatic rings. The fourth-order valence-corrected chi connectivity index (χ4v) is 1.62. The summed E-state index contributed by atoms with van der Waals surface area (Å²) in [5.74, 6) is 0.299. The highest BCUT2D eigenvalue weighted by Crippen LogP contribution is 2.31. The van der Waals surface area contributed by atoms with Crippen LogP contribution in [0.4, 0.5) is 4.39 Å². The number of aromatic nitrogens is 2. The predicted molar refractivity (Wildman–Crippen MR) is 54.8 cm³/mol. The minimum Gasteiger partial charge on any atom is -0.472 e. The number of rotatable bonds is 1. The lowest BCUT2D eigenvalue weighted by Crippen LogP contribution is -2.35. The Kier molecular flexibility index (Phi) is 2.41. The Balaban J connectivity index is 2.49. The normalized spacial score (nSPS) is 24.5. The Morgan fingerprint density at radius 3 is 2.88 bits per heavy atom. The zero-order valence-corrected chi connectivity index (χ0v) is 8.70. The third kappa shape index (κ3) is 1.66. The number of aryl methyl sites for hydroxylation is 1. The van der Waals surface area contributed by atoms with Gasteiger partial charge in [-0.3, -0.25) is 14.3 Å². The molecule has 86 valence electrons. The van der Waals surface area contributed by atoms with Crippen molar-refractivity contribution in [3.8, 4) is 0 Å². The maximum absolute atomic E-state index is 13.5. The van der Waals surface area contributed by atoms with E-state index in [4.69, 9.17) is 4.74 Å². The summed E-state index contributed by atoms with van der Waals surface area (Å²) in [6.07, 6.45) is -1.00. The van der Waals surface area contributed by atoms with Crippen molar-refractivity contribution >= 4 is 0 Å². The maximum atomic E-state index is 13.5. The van der Waals surface area contributed by atoms with Crippen LogP contribution in [0.15, 0.2) is 28.1 Å². The first-order valence-corrected chi connectivity index (χ1v) is 4.79. The number of halogens is 1. The predicted octanol–water partition coefficient (Wildman–Crippen LogP) is 0.616. The van der Waals surface area contributed by atoms with E-state index >= 15 is 0 Å². The van der Waals surface area contributed by atoms with E-state index in [-0.39, 0.29) is 6.42 Å². The second-order valence-corrected chi connectivity index (χ2v) is 3.75. The summed E-state index contributed by atoms with van der Waals surface area (Å²) in [6, 6.07) is 0. The number of H-pyrrole nitrogens is 1. The van der Waals surface area contributed by atoms with Crippen LogP contribution in [0, 0.1) is 6.92 Å². The van der Waals surface area contributed by atoms with Gasteiger partial charge in [-0.15, -0.1) is 0 Å². The molecule has 1 aliphatic rings. The third-order valence-electron chi connectivity index (χ3n) is 2.44. The molecule has 0 saturated carbocycles. The van der Waals surface area contributed by atoms with Gasteiger partial charge in [0.25, 0.3) is 5.56 Å². The van der Waals surface area contributed by atoms with Crippen molar-refractivity contribution in [2.45, 2.75) is 25.7 Å². The molecule has 0 bridgehead atoms. The van der Waals surface area contributed by atoms with Crippen LogP contribution in [-0.2, 0) is 4.74 Å². The molecule has 2 heterocycles. The molecule has 1 fully saturated rings. The first kappa shape index (κ1) is 10.7. The van der Waals surface area contributed by atoms with Gasteiger partial charge in [0.1, 0.15) is 0 Å². The van der Waals surface area contributed by atoms with Crippen molar-refractivity contribution in [1.82, 2.24) is 9.55 Å². The summed E-state index contributed by atoms with van der Waals surface area (Å²) in [5, 5.41) is 0. The van der Waals surface area contributed by atoms with Gasteiger partial charge in [-0.1, -0.05) is 6.58 Å². The molecule has 1 aliphatic heterocycles. The van der Waals surface area contributed by atoms with Crippen LogP contribution < -0.4 is 11.2 Å². The van der Waals surface area contributed by atoms with Crippen molar-refractivity contribution in [3.05, 3.63) is 44.9 Å². The lowest BCUT2D eigenvalue weighted by atomic mass is 10.2. The smallest absolute Gasteiger partial charge is 0.331 e. The second-order valence-electron chi connectivity index (χ2n) is 3.75. The van der Waals surface area contributed by atoms with Gasteiger partial charge in [0.15, 0.2) is 6.17 Å². The van der Waals surface area contributed by atoms with E-state index in [9.17, 15) is 14.0 Å². The van der Waals surface area contributed by atoms with E-state index in [1.807, 2.05) is 0 Å². The molecule has 0 radical (unpaired) electrons. The van der Waals surface area contributed by atoms with Crippen LogP contribution in [0.2, 0.25) is 0 Å². The Morgan fingerprint density at radius 2 is 2.31 bits per heavy atom. The van der Waals surface area contributed by atoms with Gasteiger partial charge in [-0.25, -0.2) is 9.18 Å². The minimum atomic E-state index is -1.32. The fourth-order valence-electron chi connectivity index (χ4n) is 1.62. The number of nitrogens with one attached hydrogen (secondary N) is 1. The monoisotopic (exact) mass is 226 g/mol. The lowest BCUT2D eigenvalue weighted by Gasteiger charge is -2.15. The van der Waals surface area contributed by atoms with E-state index in [1.54, 1.807) is 0 Å². The van der Waals surface area contributed by atoms with E-state index in [0.29, 0.717) is 11.3 Å². The number of alkyl halides is 1. The Morgan fingerprint density at radius 1 is 1.62 bits per heavy atom. The van der Waals surface area contributed by atoms with Gasteiger partial charge < -0.3 is 4.74 Å². The van der Waals surface area contributed by atoms with E-state index in [2.05, 4.69) is 11.6 Å². The molecule has 2 unspecified atom stereocenters. The van der Waals surface area contributed by atoms with Gasteiger partial charge in [0, 0.05) is 18.2 Å². The van der Waals surface area contributed by atoms with Crippen molar-refractivity contribution < 1.29 is 9.13 Å². The molecular formula is C10H11FN2O3. The number of allylic oxidation sites excluding steroid dienone is 1. The van der Waals surface area contributed by atoms with Crippen LogP contribution >= 0.6 is 0 Å². The Labute approximate surface area is 90.2 Å². The zero-order valence-electron chi connectivity index (χ0n) is 8.70.